The third-order valence-corrected chi connectivity index (χ3v) is 6.46. The standard InChI is InChI=1S/C32H35N3O3/c1-5-38-31(37)28-22-29(32(2,3)4)35(34-28)26-18-16-25(17-19-26)30(36)33-21-20-27(23-12-8-6-9-13-23)24-14-10-7-11-15-24/h6-19,22,27H,5,20-21H2,1-4H3,(H,33,36). The molecule has 6 heteroatoms. The van der Waals surface area contributed by atoms with E-state index in [2.05, 4.69) is 55.5 Å². The van der Waals surface area contributed by atoms with Gasteiger partial charge in [0.25, 0.3) is 5.91 Å². The smallest absolute Gasteiger partial charge is 0.358 e. The Kier molecular flexibility index (Phi) is 8.41. The van der Waals surface area contributed by atoms with Crippen LogP contribution >= 0.6 is 0 Å². The van der Waals surface area contributed by atoms with Crippen molar-refractivity contribution in [1.82, 2.24) is 15.1 Å². The maximum atomic E-state index is 12.9. The number of hydrogen-bond donors (Lipinski definition) is 1. The van der Waals surface area contributed by atoms with Crippen molar-refractivity contribution in [3.63, 3.8) is 0 Å². The molecule has 0 spiro atoms. The quantitative estimate of drug-likeness (QED) is 0.269. The fourth-order valence-corrected chi connectivity index (χ4v) is 4.50. The molecular weight excluding hydrogens is 474 g/mol. The predicted molar refractivity (Wildman–Crippen MR) is 150 cm³/mol. The van der Waals surface area contributed by atoms with Crippen molar-refractivity contribution in [1.29, 1.82) is 0 Å². The topological polar surface area (TPSA) is 73.2 Å². The van der Waals surface area contributed by atoms with Gasteiger partial charge in [-0.05, 0) is 54.8 Å². The number of esters is 1. The van der Waals surface area contributed by atoms with Gasteiger partial charge in [-0.2, -0.15) is 5.10 Å². The molecule has 0 atom stereocenters. The molecular formula is C32H35N3O3. The van der Waals surface area contributed by atoms with Gasteiger partial charge >= 0.3 is 5.97 Å². The van der Waals surface area contributed by atoms with E-state index in [1.807, 2.05) is 48.5 Å². The van der Waals surface area contributed by atoms with Crippen LogP contribution in [0.3, 0.4) is 0 Å². The molecule has 1 aromatic heterocycles. The van der Waals surface area contributed by atoms with Gasteiger partial charge < -0.3 is 10.1 Å². The number of amides is 1. The highest BCUT2D eigenvalue weighted by Crippen LogP contribution is 2.28. The van der Waals surface area contributed by atoms with Crippen molar-refractivity contribution >= 4 is 11.9 Å². The monoisotopic (exact) mass is 509 g/mol. The molecule has 1 N–H and O–H groups in total. The van der Waals surface area contributed by atoms with Gasteiger partial charge in [0.15, 0.2) is 5.69 Å². The maximum Gasteiger partial charge on any atom is 0.358 e. The first-order chi connectivity index (χ1) is 18.3. The Hall–Kier alpha value is -4.19. The molecule has 196 valence electrons. The number of hydrogen-bond acceptors (Lipinski definition) is 4. The second kappa shape index (κ2) is 11.9. The molecule has 0 aliphatic heterocycles. The highest BCUT2D eigenvalue weighted by Gasteiger charge is 2.25. The maximum absolute atomic E-state index is 12.9. The van der Waals surface area contributed by atoms with Crippen LogP contribution in [0.2, 0.25) is 0 Å². The zero-order valence-electron chi connectivity index (χ0n) is 22.5. The highest BCUT2D eigenvalue weighted by atomic mass is 16.5. The first-order valence-electron chi connectivity index (χ1n) is 13.0. The number of carbonyl (C=O) groups is 2. The third-order valence-electron chi connectivity index (χ3n) is 6.46. The van der Waals surface area contributed by atoms with E-state index >= 15 is 0 Å². The molecule has 0 radical (unpaired) electrons. The molecule has 4 rings (SSSR count). The summed E-state index contributed by atoms with van der Waals surface area (Å²) < 4.78 is 6.89. The molecule has 0 saturated carbocycles. The van der Waals surface area contributed by atoms with Crippen molar-refractivity contribution in [2.45, 2.75) is 45.4 Å². The van der Waals surface area contributed by atoms with E-state index in [1.54, 1.807) is 29.8 Å². The number of rotatable bonds is 9. The van der Waals surface area contributed by atoms with E-state index < -0.39 is 5.97 Å². The fraction of sp³-hybridized carbons (Fsp3) is 0.281. The summed E-state index contributed by atoms with van der Waals surface area (Å²) in [5.74, 6) is -0.374. The van der Waals surface area contributed by atoms with Gasteiger partial charge in [0.2, 0.25) is 0 Å². The van der Waals surface area contributed by atoms with Gasteiger partial charge in [0.05, 0.1) is 18.0 Å². The summed E-state index contributed by atoms with van der Waals surface area (Å²) in [6, 6.07) is 29.8. The van der Waals surface area contributed by atoms with Crippen molar-refractivity contribution in [3.8, 4) is 5.69 Å². The first kappa shape index (κ1) is 26.9. The van der Waals surface area contributed by atoms with Crippen molar-refractivity contribution < 1.29 is 14.3 Å². The lowest BCUT2D eigenvalue weighted by atomic mass is 9.88. The van der Waals surface area contributed by atoms with Gasteiger partial charge in [0, 0.05) is 23.4 Å². The Bertz CT molecular complexity index is 1320. The van der Waals surface area contributed by atoms with Gasteiger partial charge in [-0.15, -0.1) is 0 Å². The summed E-state index contributed by atoms with van der Waals surface area (Å²) >= 11 is 0. The second-order valence-corrected chi connectivity index (χ2v) is 10.3. The molecule has 0 bridgehead atoms. The van der Waals surface area contributed by atoms with Crippen molar-refractivity contribution in [2.24, 2.45) is 0 Å². The Labute approximate surface area is 224 Å². The molecule has 1 heterocycles. The minimum atomic E-state index is -0.447. The number of ether oxygens (including phenoxy) is 1. The number of nitrogens with one attached hydrogen (secondary N) is 1. The van der Waals surface area contributed by atoms with E-state index in [0.717, 1.165) is 17.8 Å². The normalized spacial score (nSPS) is 11.4. The number of carbonyl (C=O) groups excluding carboxylic acids is 2. The van der Waals surface area contributed by atoms with Gasteiger partial charge in [-0.25, -0.2) is 9.48 Å². The summed E-state index contributed by atoms with van der Waals surface area (Å²) in [6.07, 6.45) is 0.788. The Morgan fingerprint density at radius 3 is 2.00 bits per heavy atom. The molecule has 0 fully saturated rings. The number of benzene rings is 3. The summed E-state index contributed by atoms with van der Waals surface area (Å²) in [5.41, 5.74) is 4.70. The summed E-state index contributed by atoms with van der Waals surface area (Å²) in [4.78, 5) is 25.2. The Balaban J connectivity index is 1.46. The van der Waals surface area contributed by atoms with Gasteiger partial charge in [0.1, 0.15) is 0 Å². The zero-order valence-corrected chi connectivity index (χ0v) is 22.5. The molecule has 6 nitrogen and oxygen atoms in total. The van der Waals surface area contributed by atoms with Gasteiger partial charge in [-0.1, -0.05) is 81.4 Å². The molecule has 0 aliphatic rings. The van der Waals surface area contributed by atoms with Crippen LogP contribution in [-0.4, -0.2) is 34.8 Å². The lowest BCUT2D eigenvalue weighted by molar-refractivity contribution is 0.0518. The van der Waals surface area contributed by atoms with E-state index in [1.165, 1.54) is 11.1 Å². The summed E-state index contributed by atoms with van der Waals surface area (Å²) in [7, 11) is 0. The molecule has 0 aliphatic carbocycles. The third kappa shape index (κ3) is 6.38. The molecule has 0 saturated heterocycles. The lowest BCUT2D eigenvalue weighted by Gasteiger charge is -2.20. The van der Waals surface area contributed by atoms with Crippen LogP contribution < -0.4 is 5.32 Å². The molecule has 4 aromatic rings. The fourth-order valence-electron chi connectivity index (χ4n) is 4.50. The minimum absolute atomic E-state index is 0.125. The van der Waals surface area contributed by atoms with E-state index in [-0.39, 0.29) is 29.5 Å². The number of aromatic nitrogens is 2. The number of nitrogens with zero attached hydrogens (tertiary/aromatic N) is 2. The first-order valence-corrected chi connectivity index (χ1v) is 13.0. The largest absolute Gasteiger partial charge is 0.461 e. The Morgan fingerprint density at radius 1 is 0.895 bits per heavy atom. The average Bonchev–Trinajstić information content (AvgIpc) is 3.39. The molecule has 0 unspecified atom stereocenters. The zero-order chi connectivity index (χ0) is 27.1. The average molecular weight is 510 g/mol. The van der Waals surface area contributed by atoms with E-state index in [4.69, 9.17) is 4.74 Å². The van der Waals surface area contributed by atoms with E-state index in [9.17, 15) is 9.59 Å². The molecule has 3 aromatic carbocycles. The van der Waals surface area contributed by atoms with Crippen LogP contribution in [0.1, 0.15) is 77.7 Å². The van der Waals surface area contributed by atoms with Crippen molar-refractivity contribution in [3.05, 3.63) is 119 Å². The van der Waals surface area contributed by atoms with Crippen LogP contribution in [0.5, 0.6) is 0 Å². The van der Waals surface area contributed by atoms with Crippen LogP contribution in [0.25, 0.3) is 5.69 Å². The van der Waals surface area contributed by atoms with E-state index in [0.29, 0.717) is 12.1 Å². The summed E-state index contributed by atoms with van der Waals surface area (Å²) in [6.45, 7) is 8.80. The predicted octanol–water partition coefficient (Wildman–Crippen LogP) is 6.30. The van der Waals surface area contributed by atoms with Crippen molar-refractivity contribution in [2.75, 3.05) is 13.2 Å². The molecule has 38 heavy (non-hydrogen) atoms. The van der Waals surface area contributed by atoms with Crippen LogP contribution in [-0.2, 0) is 10.2 Å². The van der Waals surface area contributed by atoms with Crippen LogP contribution in [0.15, 0.2) is 91.0 Å². The van der Waals surface area contributed by atoms with Crippen LogP contribution in [0.4, 0.5) is 0 Å². The lowest BCUT2D eigenvalue weighted by Crippen LogP contribution is -2.26. The SMILES string of the molecule is CCOC(=O)c1cc(C(C)(C)C)n(-c2ccc(C(=O)NCCC(c3ccccc3)c3ccccc3)cc2)n1. The molecule has 1 amide bonds. The van der Waals surface area contributed by atoms with Crippen LogP contribution in [0, 0.1) is 0 Å². The Morgan fingerprint density at radius 2 is 1.47 bits per heavy atom. The highest BCUT2D eigenvalue weighted by molar-refractivity contribution is 5.94. The minimum Gasteiger partial charge on any atom is -0.461 e. The second-order valence-electron chi connectivity index (χ2n) is 10.3. The van der Waals surface area contributed by atoms with Gasteiger partial charge in [-0.3, -0.25) is 4.79 Å². The summed E-state index contributed by atoms with van der Waals surface area (Å²) in [5, 5.41) is 7.58.